The fraction of sp³-hybridized carbons (Fsp3) is 0.667. The molecule has 1 atom stereocenters. The van der Waals surface area contributed by atoms with Crippen LogP contribution in [0.3, 0.4) is 0 Å². The van der Waals surface area contributed by atoms with Crippen molar-refractivity contribution in [3.05, 3.63) is 34.9 Å². The molecule has 1 saturated heterocycles. The second-order valence-corrected chi connectivity index (χ2v) is 6.29. The number of aryl methyl sites for hydroxylation is 2. The van der Waals surface area contributed by atoms with E-state index in [0.29, 0.717) is 6.04 Å². The Labute approximate surface area is 124 Å². The Bertz CT molecular complexity index is 408. The predicted molar refractivity (Wildman–Crippen MR) is 87.2 cm³/mol. The molecule has 20 heavy (non-hydrogen) atoms. The fourth-order valence-corrected chi connectivity index (χ4v) is 3.23. The highest BCUT2D eigenvalue weighted by atomic mass is 15.1. The lowest BCUT2D eigenvalue weighted by Crippen LogP contribution is -2.32. The topological polar surface area (TPSA) is 15.3 Å². The maximum Gasteiger partial charge on any atom is 0.0294 e. The third-order valence-corrected chi connectivity index (χ3v) is 4.44. The van der Waals surface area contributed by atoms with Crippen LogP contribution in [0.25, 0.3) is 0 Å². The first-order valence-corrected chi connectivity index (χ1v) is 8.19. The number of rotatable bonds is 6. The SMILES string of the molecule is Cc1ccc(C(C)NCCCN2CCCCC2)c(C)c1. The summed E-state index contributed by atoms with van der Waals surface area (Å²) in [4.78, 5) is 2.62. The number of nitrogens with one attached hydrogen (secondary N) is 1. The van der Waals surface area contributed by atoms with Gasteiger partial charge in [0.2, 0.25) is 0 Å². The molecule has 1 aliphatic heterocycles. The van der Waals surface area contributed by atoms with Gasteiger partial charge in [-0.1, -0.05) is 30.2 Å². The molecule has 0 spiro atoms. The highest BCUT2D eigenvalue weighted by Gasteiger charge is 2.10. The number of hydrogen-bond donors (Lipinski definition) is 1. The van der Waals surface area contributed by atoms with E-state index >= 15 is 0 Å². The average molecular weight is 274 g/mol. The van der Waals surface area contributed by atoms with E-state index in [-0.39, 0.29) is 0 Å². The molecule has 0 aromatic heterocycles. The Morgan fingerprint density at radius 3 is 2.60 bits per heavy atom. The highest BCUT2D eigenvalue weighted by molar-refractivity contribution is 5.32. The second kappa shape index (κ2) is 7.80. The first-order valence-electron chi connectivity index (χ1n) is 8.19. The monoisotopic (exact) mass is 274 g/mol. The van der Waals surface area contributed by atoms with Crippen molar-refractivity contribution in [2.45, 2.75) is 52.5 Å². The molecule has 0 saturated carbocycles. The van der Waals surface area contributed by atoms with Crippen molar-refractivity contribution in [2.24, 2.45) is 0 Å². The summed E-state index contributed by atoms with van der Waals surface area (Å²) >= 11 is 0. The minimum atomic E-state index is 0.456. The molecular formula is C18H30N2. The Morgan fingerprint density at radius 1 is 1.15 bits per heavy atom. The van der Waals surface area contributed by atoms with E-state index < -0.39 is 0 Å². The van der Waals surface area contributed by atoms with Gasteiger partial charge in [-0.25, -0.2) is 0 Å². The molecule has 1 aromatic rings. The van der Waals surface area contributed by atoms with Crippen molar-refractivity contribution in [3.8, 4) is 0 Å². The van der Waals surface area contributed by atoms with E-state index in [0.717, 1.165) is 6.54 Å². The minimum Gasteiger partial charge on any atom is -0.310 e. The largest absolute Gasteiger partial charge is 0.310 e. The van der Waals surface area contributed by atoms with Crippen molar-refractivity contribution >= 4 is 0 Å². The summed E-state index contributed by atoms with van der Waals surface area (Å²) in [5.41, 5.74) is 4.19. The van der Waals surface area contributed by atoms with E-state index in [1.807, 2.05) is 0 Å². The van der Waals surface area contributed by atoms with E-state index in [4.69, 9.17) is 0 Å². The lowest BCUT2D eigenvalue weighted by atomic mass is 10.0. The Balaban J connectivity index is 1.70. The maximum atomic E-state index is 3.67. The van der Waals surface area contributed by atoms with Crippen molar-refractivity contribution in [3.63, 3.8) is 0 Å². The summed E-state index contributed by atoms with van der Waals surface area (Å²) in [6.07, 6.45) is 5.48. The molecule has 0 aliphatic carbocycles. The summed E-state index contributed by atoms with van der Waals surface area (Å²) in [5.74, 6) is 0. The molecule has 2 rings (SSSR count). The number of benzene rings is 1. The predicted octanol–water partition coefficient (Wildman–Crippen LogP) is 3.83. The standard InChI is InChI=1S/C18H30N2/c1-15-8-9-18(16(2)14-15)17(3)19-10-7-13-20-11-5-4-6-12-20/h8-9,14,17,19H,4-7,10-13H2,1-3H3. The molecule has 1 fully saturated rings. The summed E-state index contributed by atoms with van der Waals surface area (Å²) in [6, 6.07) is 7.22. The first-order chi connectivity index (χ1) is 9.66. The van der Waals surface area contributed by atoms with Gasteiger partial charge in [-0.3, -0.25) is 0 Å². The van der Waals surface area contributed by atoms with Crippen molar-refractivity contribution < 1.29 is 0 Å². The molecule has 0 bridgehead atoms. The molecule has 1 unspecified atom stereocenters. The normalized spacial score (nSPS) is 18.1. The third kappa shape index (κ3) is 4.60. The van der Waals surface area contributed by atoms with E-state index in [1.165, 1.54) is 62.0 Å². The van der Waals surface area contributed by atoms with Gasteiger partial charge in [0.25, 0.3) is 0 Å². The van der Waals surface area contributed by atoms with Crippen molar-refractivity contribution in [2.75, 3.05) is 26.2 Å². The van der Waals surface area contributed by atoms with Gasteiger partial charge in [0.1, 0.15) is 0 Å². The molecular weight excluding hydrogens is 244 g/mol. The van der Waals surface area contributed by atoms with E-state index in [1.54, 1.807) is 0 Å². The van der Waals surface area contributed by atoms with Crippen LogP contribution in [0.15, 0.2) is 18.2 Å². The van der Waals surface area contributed by atoms with Gasteiger partial charge in [-0.2, -0.15) is 0 Å². The summed E-state index contributed by atoms with van der Waals surface area (Å²) in [5, 5.41) is 3.67. The van der Waals surface area contributed by atoms with E-state index in [2.05, 4.69) is 49.2 Å². The molecule has 1 aromatic carbocycles. The second-order valence-electron chi connectivity index (χ2n) is 6.29. The molecule has 0 radical (unpaired) electrons. The zero-order valence-corrected chi connectivity index (χ0v) is 13.4. The van der Waals surface area contributed by atoms with Gasteiger partial charge in [-0.15, -0.1) is 0 Å². The number of piperidine rings is 1. The van der Waals surface area contributed by atoms with Crippen molar-refractivity contribution in [1.82, 2.24) is 10.2 Å². The average Bonchev–Trinajstić information content (AvgIpc) is 2.44. The van der Waals surface area contributed by atoms with Gasteiger partial charge >= 0.3 is 0 Å². The molecule has 1 aliphatic rings. The van der Waals surface area contributed by atoms with Crippen LogP contribution < -0.4 is 5.32 Å². The zero-order chi connectivity index (χ0) is 14.4. The van der Waals surface area contributed by atoms with Crippen LogP contribution in [0.2, 0.25) is 0 Å². The van der Waals surface area contributed by atoms with Crippen LogP contribution in [-0.4, -0.2) is 31.1 Å². The zero-order valence-electron chi connectivity index (χ0n) is 13.4. The highest BCUT2D eigenvalue weighted by Crippen LogP contribution is 2.18. The van der Waals surface area contributed by atoms with Crippen molar-refractivity contribution in [1.29, 1.82) is 0 Å². The molecule has 1 N–H and O–H groups in total. The van der Waals surface area contributed by atoms with Crippen LogP contribution in [0.1, 0.15) is 55.3 Å². The van der Waals surface area contributed by atoms with Gasteiger partial charge in [0, 0.05) is 6.04 Å². The van der Waals surface area contributed by atoms with Gasteiger partial charge in [0.05, 0.1) is 0 Å². The third-order valence-electron chi connectivity index (χ3n) is 4.44. The molecule has 2 heteroatoms. The summed E-state index contributed by atoms with van der Waals surface area (Å²) in [7, 11) is 0. The van der Waals surface area contributed by atoms with Crippen LogP contribution >= 0.6 is 0 Å². The summed E-state index contributed by atoms with van der Waals surface area (Å²) < 4.78 is 0. The quantitative estimate of drug-likeness (QED) is 0.793. The Morgan fingerprint density at radius 2 is 1.90 bits per heavy atom. The number of likely N-dealkylation sites (tertiary alicyclic amines) is 1. The molecule has 0 amide bonds. The van der Waals surface area contributed by atoms with Gasteiger partial charge < -0.3 is 10.2 Å². The van der Waals surface area contributed by atoms with Crippen LogP contribution in [0.4, 0.5) is 0 Å². The van der Waals surface area contributed by atoms with Crippen LogP contribution in [-0.2, 0) is 0 Å². The van der Waals surface area contributed by atoms with Gasteiger partial charge in [-0.05, 0) is 77.3 Å². The lowest BCUT2D eigenvalue weighted by Gasteiger charge is -2.26. The molecule has 1 heterocycles. The number of hydrogen-bond acceptors (Lipinski definition) is 2. The minimum absolute atomic E-state index is 0.456. The Hall–Kier alpha value is -0.860. The molecule has 112 valence electrons. The first kappa shape index (κ1) is 15.5. The lowest BCUT2D eigenvalue weighted by molar-refractivity contribution is 0.225. The maximum absolute atomic E-state index is 3.67. The fourth-order valence-electron chi connectivity index (χ4n) is 3.23. The smallest absolute Gasteiger partial charge is 0.0294 e. The Kier molecular flexibility index (Phi) is 6.06. The van der Waals surface area contributed by atoms with Crippen LogP contribution in [0.5, 0.6) is 0 Å². The van der Waals surface area contributed by atoms with Gasteiger partial charge in [0.15, 0.2) is 0 Å². The van der Waals surface area contributed by atoms with E-state index in [9.17, 15) is 0 Å². The molecule has 2 nitrogen and oxygen atoms in total. The number of nitrogens with zero attached hydrogens (tertiary/aromatic N) is 1. The van der Waals surface area contributed by atoms with Crippen LogP contribution in [0, 0.1) is 13.8 Å². The summed E-state index contributed by atoms with van der Waals surface area (Å²) in [6.45, 7) is 11.6.